The molecule has 1 aromatic carbocycles. The number of aromatic amines is 1. The molecule has 0 spiro atoms. The number of rotatable bonds is 2. The van der Waals surface area contributed by atoms with Gasteiger partial charge in [0, 0.05) is 43.1 Å². The second kappa shape index (κ2) is 6.28. The lowest BCUT2D eigenvalue weighted by atomic mass is 10.1. The molecule has 1 fully saturated rings. The van der Waals surface area contributed by atoms with Gasteiger partial charge in [0.25, 0.3) is 11.8 Å². The van der Waals surface area contributed by atoms with Crippen LogP contribution in [0.15, 0.2) is 36.4 Å². The van der Waals surface area contributed by atoms with Gasteiger partial charge in [-0.2, -0.15) is 0 Å². The molecule has 3 rings (SSSR count). The summed E-state index contributed by atoms with van der Waals surface area (Å²) in [6.45, 7) is 6.14. The third-order valence-corrected chi connectivity index (χ3v) is 4.25. The predicted molar refractivity (Wildman–Crippen MR) is 88.5 cm³/mol. The van der Waals surface area contributed by atoms with E-state index in [-0.39, 0.29) is 11.8 Å². The van der Waals surface area contributed by atoms with Crippen molar-refractivity contribution in [2.75, 3.05) is 26.2 Å². The Balaban J connectivity index is 1.63. The fraction of sp³-hybridized carbons (Fsp3) is 0.333. The van der Waals surface area contributed by atoms with Gasteiger partial charge in [0.05, 0.1) is 5.56 Å². The van der Waals surface area contributed by atoms with Crippen LogP contribution in [0.2, 0.25) is 0 Å². The Bertz CT molecular complexity index is 713. The molecule has 120 valence electrons. The third-order valence-electron chi connectivity index (χ3n) is 4.25. The lowest BCUT2D eigenvalue weighted by Gasteiger charge is -2.34. The second-order valence-electron chi connectivity index (χ2n) is 5.94. The molecule has 0 bridgehead atoms. The Hall–Kier alpha value is -2.56. The molecule has 1 aliphatic heterocycles. The zero-order valence-electron chi connectivity index (χ0n) is 13.5. The van der Waals surface area contributed by atoms with E-state index in [1.807, 2.05) is 60.0 Å². The Morgan fingerprint density at radius 2 is 1.48 bits per heavy atom. The minimum absolute atomic E-state index is 0.0337. The summed E-state index contributed by atoms with van der Waals surface area (Å²) >= 11 is 0. The molecule has 0 atom stereocenters. The molecule has 1 aromatic heterocycles. The topological polar surface area (TPSA) is 56.4 Å². The quantitative estimate of drug-likeness (QED) is 0.924. The molecule has 2 heterocycles. The summed E-state index contributed by atoms with van der Waals surface area (Å²) in [5.41, 5.74) is 3.31. The number of hydrogen-bond acceptors (Lipinski definition) is 2. The summed E-state index contributed by atoms with van der Waals surface area (Å²) < 4.78 is 0. The van der Waals surface area contributed by atoms with E-state index in [1.165, 1.54) is 0 Å². The number of H-pyrrole nitrogens is 1. The Morgan fingerprint density at radius 3 is 2.00 bits per heavy atom. The number of piperazine rings is 1. The highest BCUT2D eigenvalue weighted by molar-refractivity contribution is 5.96. The number of nitrogens with zero attached hydrogens (tertiary/aromatic N) is 2. The van der Waals surface area contributed by atoms with Crippen molar-refractivity contribution < 1.29 is 9.59 Å². The van der Waals surface area contributed by atoms with Crippen LogP contribution >= 0.6 is 0 Å². The number of carbonyl (C=O) groups excluding carboxylic acids is 2. The average molecular weight is 311 g/mol. The molecular weight excluding hydrogens is 290 g/mol. The van der Waals surface area contributed by atoms with Gasteiger partial charge in [-0.1, -0.05) is 18.2 Å². The Morgan fingerprint density at radius 1 is 0.913 bits per heavy atom. The highest BCUT2D eigenvalue weighted by Crippen LogP contribution is 2.15. The number of hydrogen-bond donors (Lipinski definition) is 1. The molecule has 5 heteroatoms. The zero-order valence-corrected chi connectivity index (χ0v) is 13.5. The monoisotopic (exact) mass is 311 g/mol. The first-order chi connectivity index (χ1) is 11.1. The van der Waals surface area contributed by atoms with E-state index in [2.05, 4.69) is 4.98 Å². The van der Waals surface area contributed by atoms with Crippen molar-refractivity contribution in [2.24, 2.45) is 0 Å². The largest absolute Gasteiger partial charge is 0.362 e. The van der Waals surface area contributed by atoms with Crippen molar-refractivity contribution in [3.05, 3.63) is 58.9 Å². The zero-order chi connectivity index (χ0) is 16.4. The van der Waals surface area contributed by atoms with Crippen molar-refractivity contribution in [1.29, 1.82) is 0 Å². The standard InChI is InChI=1S/C18H21N3O2/c1-13-12-16(14(2)19-13)18(23)21-10-8-20(9-11-21)17(22)15-6-4-3-5-7-15/h3-7,12,19H,8-11H2,1-2H3. The summed E-state index contributed by atoms with van der Waals surface area (Å²) in [4.78, 5) is 31.8. The minimum atomic E-state index is 0.0337. The molecule has 1 saturated heterocycles. The van der Waals surface area contributed by atoms with Gasteiger partial charge >= 0.3 is 0 Å². The maximum Gasteiger partial charge on any atom is 0.255 e. The van der Waals surface area contributed by atoms with Crippen LogP contribution in [0.25, 0.3) is 0 Å². The van der Waals surface area contributed by atoms with Gasteiger partial charge in [0.1, 0.15) is 0 Å². The summed E-state index contributed by atoms with van der Waals surface area (Å²) in [6, 6.07) is 11.2. The molecule has 0 saturated carbocycles. The fourth-order valence-corrected chi connectivity index (χ4v) is 2.99. The van der Waals surface area contributed by atoms with Gasteiger partial charge in [-0.15, -0.1) is 0 Å². The first-order valence-corrected chi connectivity index (χ1v) is 7.86. The van der Waals surface area contributed by atoms with Crippen molar-refractivity contribution in [1.82, 2.24) is 14.8 Å². The van der Waals surface area contributed by atoms with Crippen molar-refractivity contribution >= 4 is 11.8 Å². The summed E-state index contributed by atoms with van der Waals surface area (Å²) in [7, 11) is 0. The Kier molecular flexibility index (Phi) is 4.19. The maximum atomic E-state index is 12.6. The maximum absolute atomic E-state index is 12.6. The molecule has 23 heavy (non-hydrogen) atoms. The summed E-state index contributed by atoms with van der Waals surface area (Å²) in [6.07, 6.45) is 0. The predicted octanol–water partition coefficient (Wildman–Crippen LogP) is 2.23. The van der Waals surface area contributed by atoms with Gasteiger partial charge in [-0.05, 0) is 32.0 Å². The van der Waals surface area contributed by atoms with Gasteiger partial charge < -0.3 is 14.8 Å². The summed E-state index contributed by atoms with van der Waals surface area (Å²) in [5.74, 6) is 0.0741. The van der Waals surface area contributed by atoms with Crippen LogP contribution in [0.5, 0.6) is 0 Å². The van der Waals surface area contributed by atoms with E-state index in [4.69, 9.17) is 0 Å². The number of nitrogens with one attached hydrogen (secondary N) is 1. The first-order valence-electron chi connectivity index (χ1n) is 7.86. The average Bonchev–Trinajstić information content (AvgIpc) is 2.93. The first kappa shape index (κ1) is 15.3. The molecular formula is C18H21N3O2. The number of benzene rings is 1. The van der Waals surface area contributed by atoms with E-state index in [0.717, 1.165) is 17.0 Å². The molecule has 1 aliphatic rings. The van der Waals surface area contributed by atoms with E-state index >= 15 is 0 Å². The molecule has 5 nitrogen and oxygen atoms in total. The van der Waals surface area contributed by atoms with E-state index in [0.29, 0.717) is 31.7 Å². The van der Waals surface area contributed by atoms with Gasteiger partial charge in [0.15, 0.2) is 0 Å². The molecule has 2 amide bonds. The molecule has 1 N–H and O–H groups in total. The van der Waals surface area contributed by atoms with Gasteiger partial charge in [-0.25, -0.2) is 0 Å². The second-order valence-corrected chi connectivity index (χ2v) is 5.94. The SMILES string of the molecule is Cc1cc(C(=O)N2CCN(C(=O)c3ccccc3)CC2)c(C)[nH]1. The van der Waals surface area contributed by atoms with E-state index < -0.39 is 0 Å². The van der Waals surface area contributed by atoms with Crippen molar-refractivity contribution in [3.63, 3.8) is 0 Å². The minimum Gasteiger partial charge on any atom is -0.362 e. The third kappa shape index (κ3) is 3.13. The van der Waals surface area contributed by atoms with Gasteiger partial charge in [0.2, 0.25) is 0 Å². The number of aryl methyl sites for hydroxylation is 2. The number of aromatic nitrogens is 1. The number of amides is 2. The fourth-order valence-electron chi connectivity index (χ4n) is 2.99. The smallest absolute Gasteiger partial charge is 0.255 e. The van der Waals surface area contributed by atoms with Crippen LogP contribution in [0.3, 0.4) is 0 Å². The van der Waals surface area contributed by atoms with Gasteiger partial charge in [-0.3, -0.25) is 9.59 Å². The van der Waals surface area contributed by atoms with E-state index in [9.17, 15) is 9.59 Å². The van der Waals surface area contributed by atoms with Crippen LogP contribution in [0, 0.1) is 13.8 Å². The summed E-state index contributed by atoms with van der Waals surface area (Å²) in [5, 5.41) is 0. The number of carbonyl (C=O) groups is 2. The van der Waals surface area contributed by atoms with Crippen LogP contribution < -0.4 is 0 Å². The highest BCUT2D eigenvalue weighted by atomic mass is 16.2. The highest BCUT2D eigenvalue weighted by Gasteiger charge is 2.26. The van der Waals surface area contributed by atoms with Crippen LogP contribution in [-0.2, 0) is 0 Å². The lowest BCUT2D eigenvalue weighted by molar-refractivity contribution is 0.0535. The Labute approximate surface area is 135 Å². The van der Waals surface area contributed by atoms with Crippen LogP contribution in [0.1, 0.15) is 32.1 Å². The molecule has 0 unspecified atom stereocenters. The van der Waals surface area contributed by atoms with Crippen molar-refractivity contribution in [3.8, 4) is 0 Å². The lowest BCUT2D eigenvalue weighted by Crippen LogP contribution is -2.50. The molecule has 0 aliphatic carbocycles. The van der Waals surface area contributed by atoms with Crippen LogP contribution in [0.4, 0.5) is 0 Å². The van der Waals surface area contributed by atoms with Crippen molar-refractivity contribution in [2.45, 2.75) is 13.8 Å². The normalized spacial score (nSPS) is 14.9. The van der Waals surface area contributed by atoms with E-state index in [1.54, 1.807) is 0 Å². The molecule has 0 radical (unpaired) electrons. The van der Waals surface area contributed by atoms with Crippen LogP contribution in [-0.4, -0.2) is 52.8 Å². The molecule has 2 aromatic rings.